The first kappa shape index (κ1) is 18.6. The maximum absolute atomic E-state index is 12.7. The van der Waals surface area contributed by atoms with E-state index >= 15 is 0 Å². The van der Waals surface area contributed by atoms with Crippen LogP contribution in [0.5, 0.6) is 0 Å². The largest absolute Gasteiger partial charge is 0.339 e. The Morgan fingerprint density at radius 1 is 1.04 bits per heavy atom. The molecule has 4 rings (SSSR count). The molecule has 5 nitrogen and oxygen atoms in total. The molecule has 1 saturated heterocycles. The Labute approximate surface area is 169 Å². The molecule has 0 aliphatic carbocycles. The molecule has 28 heavy (non-hydrogen) atoms. The molecular formula is C22H24N4OS. The van der Waals surface area contributed by atoms with E-state index in [1.807, 2.05) is 65.7 Å². The minimum atomic E-state index is 0.137. The van der Waals surface area contributed by atoms with Crippen molar-refractivity contribution in [3.8, 4) is 11.3 Å². The summed E-state index contributed by atoms with van der Waals surface area (Å²) in [5.41, 5.74) is 3.76. The molecule has 2 heterocycles. The van der Waals surface area contributed by atoms with E-state index in [1.165, 1.54) is 6.42 Å². The number of aromatic nitrogens is 2. The zero-order valence-corrected chi connectivity index (χ0v) is 16.6. The van der Waals surface area contributed by atoms with Crippen LogP contribution in [0.4, 0.5) is 0 Å². The molecule has 0 unspecified atom stereocenters. The van der Waals surface area contributed by atoms with Crippen molar-refractivity contribution in [2.45, 2.75) is 30.2 Å². The van der Waals surface area contributed by atoms with E-state index in [-0.39, 0.29) is 5.91 Å². The number of hydrogen-bond donors (Lipinski definition) is 1. The fraction of sp³-hybridized carbons (Fsp3) is 0.273. The van der Waals surface area contributed by atoms with Crippen molar-refractivity contribution in [2.75, 3.05) is 18.9 Å². The van der Waals surface area contributed by atoms with E-state index in [0.717, 1.165) is 53.5 Å². The van der Waals surface area contributed by atoms with Gasteiger partial charge in [0.1, 0.15) is 0 Å². The first-order chi connectivity index (χ1) is 13.7. The van der Waals surface area contributed by atoms with Crippen LogP contribution in [0.25, 0.3) is 11.3 Å². The number of nitrogens with two attached hydrogens (primary N) is 1. The summed E-state index contributed by atoms with van der Waals surface area (Å²) in [6, 6.07) is 17.9. The number of nitrogens with zero attached hydrogens (tertiary/aromatic N) is 3. The lowest BCUT2D eigenvalue weighted by molar-refractivity contribution is 0.0724. The number of benzene rings is 2. The molecule has 3 aromatic rings. The normalized spacial score (nSPS) is 14.2. The Bertz CT molecular complexity index is 948. The minimum Gasteiger partial charge on any atom is -0.339 e. The number of rotatable bonds is 5. The smallest absolute Gasteiger partial charge is 0.253 e. The predicted octanol–water partition coefficient (Wildman–Crippen LogP) is 4.18. The summed E-state index contributed by atoms with van der Waals surface area (Å²) in [6.07, 6.45) is 5.26. The third kappa shape index (κ3) is 4.22. The second kappa shape index (κ2) is 8.52. The van der Waals surface area contributed by atoms with Crippen molar-refractivity contribution in [1.29, 1.82) is 0 Å². The van der Waals surface area contributed by atoms with Crippen LogP contribution in [0.1, 0.15) is 35.2 Å². The fourth-order valence-corrected chi connectivity index (χ4v) is 4.29. The summed E-state index contributed by atoms with van der Waals surface area (Å²) < 4.78 is 1.57. The molecule has 6 heteroatoms. The molecule has 1 aliphatic rings. The van der Waals surface area contributed by atoms with Crippen molar-refractivity contribution in [2.24, 2.45) is 0 Å². The number of amides is 1. The van der Waals surface area contributed by atoms with E-state index in [0.29, 0.717) is 5.75 Å². The van der Waals surface area contributed by atoms with E-state index in [9.17, 15) is 4.79 Å². The molecule has 144 valence electrons. The van der Waals surface area contributed by atoms with Crippen LogP contribution < -0.4 is 5.84 Å². The van der Waals surface area contributed by atoms with E-state index in [4.69, 9.17) is 5.84 Å². The minimum absolute atomic E-state index is 0.137. The number of piperidine rings is 1. The molecule has 2 aromatic carbocycles. The fourth-order valence-electron chi connectivity index (χ4n) is 3.45. The van der Waals surface area contributed by atoms with Gasteiger partial charge in [-0.05, 0) is 37.0 Å². The van der Waals surface area contributed by atoms with E-state index in [2.05, 4.69) is 4.98 Å². The Morgan fingerprint density at radius 3 is 2.61 bits per heavy atom. The third-order valence-corrected chi connectivity index (χ3v) is 5.99. The molecule has 1 fully saturated rings. The molecule has 0 radical (unpaired) electrons. The van der Waals surface area contributed by atoms with Gasteiger partial charge in [-0.1, -0.05) is 54.2 Å². The van der Waals surface area contributed by atoms with Gasteiger partial charge in [-0.2, -0.15) is 0 Å². The molecular weight excluding hydrogens is 368 g/mol. The van der Waals surface area contributed by atoms with E-state index in [1.54, 1.807) is 16.4 Å². The highest BCUT2D eigenvalue weighted by molar-refractivity contribution is 7.98. The number of thioether (sulfide) groups is 1. The zero-order valence-electron chi connectivity index (χ0n) is 15.8. The first-order valence-electron chi connectivity index (χ1n) is 9.61. The predicted molar refractivity (Wildman–Crippen MR) is 114 cm³/mol. The zero-order chi connectivity index (χ0) is 19.3. The summed E-state index contributed by atoms with van der Waals surface area (Å²) in [4.78, 5) is 19.3. The number of imidazole rings is 1. The molecule has 0 spiro atoms. The monoisotopic (exact) mass is 392 g/mol. The maximum Gasteiger partial charge on any atom is 0.253 e. The number of carbonyl (C=O) groups excluding carboxylic acids is 1. The lowest BCUT2D eigenvalue weighted by atomic mass is 10.1. The van der Waals surface area contributed by atoms with Crippen LogP contribution >= 0.6 is 11.8 Å². The molecule has 1 amide bonds. The molecule has 0 bridgehead atoms. The highest BCUT2D eigenvalue weighted by Gasteiger charge is 2.18. The SMILES string of the molecule is Nn1cc(-c2ccccc2)nc1SCc1cccc(C(=O)N2CCCCC2)c1. The van der Waals surface area contributed by atoms with Crippen molar-refractivity contribution in [3.05, 3.63) is 71.9 Å². The standard InChI is InChI=1S/C22H24N4OS/c23-26-15-20(18-9-3-1-4-10-18)24-22(26)28-16-17-8-7-11-19(14-17)21(27)25-12-5-2-6-13-25/h1,3-4,7-11,14-15H,2,5-6,12-13,16,23H2. The highest BCUT2D eigenvalue weighted by atomic mass is 32.2. The third-order valence-electron chi connectivity index (χ3n) is 4.95. The van der Waals surface area contributed by atoms with Gasteiger partial charge in [0.15, 0.2) is 5.16 Å². The molecule has 0 saturated carbocycles. The summed E-state index contributed by atoms with van der Waals surface area (Å²) in [7, 11) is 0. The Kier molecular flexibility index (Phi) is 5.67. The van der Waals surface area contributed by atoms with Crippen molar-refractivity contribution >= 4 is 17.7 Å². The number of likely N-dealkylation sites (tertiary alicyclic amines) is 1. The van der Waals surface area contributed by atoms with Crippen LogP contribution in [0.3, 0.4) is 0 Å². The second-order valence-corrected chi connectivity index (χ2v) is 7.97. The van der Waals surface area contributed by atoms with Crippen LogP contribution in [-0.4, -0.2) is 33.6 Å². The quantitative estimate of drug-likeness (QED) is 0.522. The average molecular weight is 393 g/mol. The maximum atomic E-state index is 12.7. The number of nitrogen functional groups attached to an aromatic ring is 1. The molecule has 1 aliphatic heterocycles. The van der Waals surface area contributed by atoms with Gasteiger partial charge in [-0.3, -0.25) is 4.79 Å². The first-order valence-corrected chi connectivity index (χ1v) is 10.6. The average Bonchev–Trinajstić information content (AvgIpc) is 3.14. The molecule has 1 aromatic heterocycles. The van der Waals surface area contributed by atoms with Crippen LogP contribution in [0.2, 0.25) is 0 Å². The van der Waals surface area contributed by atoms with Gasteiger partial charge in [0, 0.05) is 30.0 Å². The molecule has 0 atom stereocenters. The van der Waals surface area contributed by atoms with Crippen LogP contribution in [0, 0.1) is 0 Å². The summed E-state index contributed by atoms with van der Waals surface area (Å²) in [5.74, 6) is 6.94. The van der Waals surface area contributed by atoms with E-state index < -0.39 is 0 Å². The highest BCUT2D eigenvalue weighted by Crippen LogP contribution is 2.26. The van der Waals surface area contributed by atoms with Crippen molar-refractivity contribution in [3.63, 3.8) is 0 Å². The van der Waals surface area contributed by atoms with Gasteiger partial charge in [0.2, 0.25) is 0 Å². The van der Waals surface area contributed by atoms with Gasteiger partial charge in [-0.15, -0.1) is 0 Å². The summed E-state index contributed by atoms with van der Waals surface area (Å²) in [6.45, 7) is 1.73. The van der Waals surface area contributed by atoms with Gasteiger partial charge < -0.3 is 10.7 Å². The lowest BCUT2D eigenvalue weighted by Gasteiger charge is -2.26. The summed E-state index contributed by atoms with van der Waals surface area (Å²) in [5, 5.41) is 0.756. The Hall–Kier alpha value is -2.73. The second-order valence-electron chi connectivity index (χ2n) is 7.02. The van der Waals surface area contributed by atoms with Crippen molar-refractivity contribution in [1.82, 2.24) is 14.6 Å². The number of hydrogen-bond acceptors (Lipinski definition) is 4. The van der Waals surface area contributed by atoms with Gasteiger partial charge >= 0.3 is 0 Å². The van der Waals surface area contributed by atoms with Crippen LogP contribution in [-0.2, 0) is 5.75 Å². The Morgan fingerprint density at radius 2 is 1.82 bits per heavy atom. The van der Waals surface area contributed by atoms with Gasteiger partial charge in [0.05, 0.1) is 11.9 Å². The van der Waals surface area contributed by atoms with Gasteiger partial charge in [-0.25, -0.2) is 9.66 Å². The van der Waals surface area contributed by atoms with Crippen molar-refractivity contribution < 1.29 is 4.79 Å². The number of carbonyl (C=O) groups is 1. The van der Waals surface area contributed by atoms with Crippen LogP contribution in [0.15, 0.2) is 66.0 Å². The topological polar surface area (TPSA) is 64.2 Å². The summed E-state index contributed by atoms with van der Waals surface area (Å²) >= 11 is 1.57. The Balaban J connectivity index is 1.44. The van der Waals surface area contributed by atoms with Gasteiger partial charge in [0.25, 0.3) is 5.91 Å². The lowest BCUT2D eigenvalue weighted by Crippen LogP contribution is -2.35. The molecule has 2 N–H and O–H groups in total.